The van der Waals surface area contributed by atoms with E-state index >= 15 is 0 Å². The molecule has 0 saturated carbocycles. The molecule has 1 saturated heterocycles. The summed E-state index contributed by atoms with van der Waals surface area (Å²) in [6.07, 6.45) is 1.04. The predicted octanol–water partition coefficient (Wildman–Crippen LogP) is 3.30. The van der Waals surface area contributed by atoms with Gasteiger partial charge in [0.2, 0.25) is 0 Å². The summed E-state index contributed by atoms with van der Waals surface area (Å²) in [6, 6.07) is 9.35. The Morgan fingerprint density at radius 3 is 2.67 bits per heavy atom. The highest BCUT2D eigenvalue weighted by molar-refractivity contribution is 8.00. The molecule has 0 amide bonds. The summed E-state index contributed by atoms with van der Waals surface area (Å²) in [5.41, 5.74) is 7.38. The molecular formula is C17H28N2OS. The monoisotopic (exact) mass is 308 g/mol. The maximum absolute atomic E-state index is 6.08. The van der Waals surface area contributed by atoms with Crippen LogP contribution in [0.4, 0.5) is 0 Å². The van der Waals surface area contributed by atoms with Crippen molar-refractivity contribution in [2.45, 2.75) is 44.5 Å². The van der Waals surface area contributed by atoms with Crippen molar-refractivity contribution < 1.29 is 4.74 Å². The molecule has 1 aromatic rings. The fraction of sp³-hybridized carbons (Fsp3) is 0.647. The third-order valence-electron chi connectivity index (χ3n) is 4.29. The lowest BCUT2D eigenvalue weighted by Crippen LogP contribution is -2.48. The quantitative estimate of drug-likeness (QED) is 0.875. The highest BCUT2D eigenvalue weighted by Crippen LogP contribution is 2.32. The molecule has 1 aliphatic rings. The number of hydrogen-bond acceptors (Lipinski definition) is 4. The normalized spacial score (nSPS) is 24.8. The average Bonchev–Trinajstić information content (AvgIpc) is 2.51. The molecule has 118 valence electrons. The predicted molar refractivity (Wildman–Crippen MR) is 92.1 cm³/mol. The third-order valence-corrected chi connectivity index (χ3v) is 5.63. The van der Waals surface area contributed by atoms with Crippen LogP contribution in [0.2, 0.25) is 0 Å². The summed E-state index contributed by atoms with van der Waals surface area (Å²) < 4.78 is 5.66. The lowest BCUT2D eigenvalue weighted by molar-refractivity contribution is 0.150. The first-order valence-electron chi connectivity index (χ1n) is 7.97. The molecule has 1 aromatic carbocycles. The Morgan fingerprint density at radius 1 is 1.33 bits per heavy atom. The van der Waals surface area contributed by atoms with Crippen molar-refractivity contribution in [3.8, 4) is 5.75 Å². The molecule has 1 fully saturated rings. The molecule has 0 aromatic heterocycles. The van der Waals surface area contributed by atoms with Gasteiger partial charge in [-0.15, -0.1) is 0 Å². The first-order chi connectivity index (χ1) is 10.2. The summed E-state index contributed by atoms with van der Waals surface area (Å²) in [5, 5.41) is 0.667. The Balaban J connectivity index is 2.09. The second-order valence-corrected chi connectivity index (χ2v) is 7.21. The molecule has 1 aliphatic heterocycles. The summed E-state index contributed by atoms with van der Waals surface area (Å²) in [4.78, 5) is 2.56. The highest BCUT2D eigenvalue weighted by atomic mass is 32.2. The van der Waals surface area contributed by atoms with E-state index in [0.29, 0.717) is 23.9 Å². The van der Waals surface area contributed by atoms with Crippen LogP contribution in [0.1, 0.15) is 38.8 Å². The van der Waals surface area contributed by atoms with Crippen molar-refractivity contribution in [1.82, 2.24) is 4.90 Å². The van der Waals surface area contributed by atoms with Crippen LogP contribution in [0.3, 0.4) is 0 Å². The Morgan fingerprint density at radius 2 is 2.05 bits per heavy atom. The molecule has 0 spiro atoms. The number of nitrogens with zero attached hydrogens (tertiary/aromatic N) is 1. The molecule has 3 unspecified atom stereocenters. The molecule has 0 radical (unpaired) electrons. The van der Waals surface area contributed by atoms with Gasteiger partial charge in [-0.25, -0.2) is 0 Å². The maximum atomic E-state index is 6.08. The van der Waals surface area contributed by atoms with Gasteiger partial charge < -0.3 is 10.5 Å². The molecule has 0 aliphatic carbocycles. The van der Waals surface area contributed by atoms with E-state index in [1.54, 1.807) is 0 Å². The SMILES string of the molecule is CCCOc1ccc(C(CN)N2CCSC(C)C2C)cc1. The molecule has 2 N–H and O–H groups in total. The standard InChI is InChI=1S/C17H28N2OS/c1-4-10-20-16-7-5-15(6-8-16)17(12-18)19-9-11-21-14(3)13(19)2/h5-8,13-14,17H,4,9-12,18H2,1-3H3. The molecular weight excluding hydrogens is 280 g/mol. The van der Waals surface area contributed by atoms with E-state index in [1.165, 1.54) is 11.3 Å². The van der Waals surface area contributed by atoms with Crippen LogP contribution >= 0.6 is 11.8 Å². The first kappa shape index (κ1) is 16.7. The van der Waals surface area contributed by atoms with Gasteiger partial charge in [-0.05, 0) is 31.0 Å². The number of rotatable bonds is 6. The van der Waals surface area contributed by atoms with Gasteiger partial charge in [0.25, 0.3) is 0 Å². The van der Waals surface area contributed by atoms with Crippen LogP contribution in [0, 0.1) is 0 Å². The minimum absolute atomic E-state index is 0.309. The molecule has 2 rings (SSSR count). The van der Waals surface area contributed by atoms with Crippen molar-refractivity contribution in [2.75, 3.05) is 25.4 Å². The Kier molecular flexibility index (Phi) is 6.40. The van der Waals surface area contributed by atoms with E-state index < -0.39 is 0 Å². The van der Waals surface area contributed by atoms with E-state index in [9.17, 15) is 0 Å². The van der Waals surface area contributed by atoms with Crippen molar-refractivity contribution in [3.05, 3.63) is 29.8 Å². The van der Waals surface area contributed by atoms with Gasteiger partial charge in [-0.3, -0.25) is 4.90 Å². The van der Waals surface area contributed by atoms with Gasteiger partial charge in [0, 0.05) is 36.2 Å². The van der Waals surface area contributed by atoms with Crippen molar-refractivity contribution in [3.63, 3.8) is 0 Å². The number of ether oxygens (including phenoxy) is 1. The molecule has 4 heteroatoms. The van der Waals surface area contributed by atoms with Crippen LogP contribution in [0.25, 0.3) is 0 Å². The summed E-state index contributed by atoms with van der Waals surface area (Å²) in [6.45, 7) is 9.31. The Labute approximate surface area is 133 Å². The minimum atomic E-state index is 0.309. The molecule has 3 atom stereocenters. The van der Waals surface area contributed by atoms with Crippen molar-refractivity contribution in [2.24, 2.45) is 5.73 Å². The van der Waals surface area contributed by atoms with Gasteiger partial charge in [0.15, 0.2) is 0 Å². The van der Waals surface area contributed by atoms with E-state index in [0.717, 1.165) is 25.3 Å². The Bertz CT molecular complexity index is 423. The second-order valence-electron chi connectivity index (χ2n) is 5.72. The van der Waals surface area contributed by atoms with E-state index in [1.807, 2.05) is 0 Å². The Hall–Kier alpha value is -0.710. The molecule has 1 heterocycles. The van der Waals surface area contributed by atoms with Gasteiger partial charge in [0.1, 0.15) is 5.75 Å². The summed E-state index contributed by atoms with van der Waals surface area (Å²) in [7, 11) is 0. The minimum Gasteiger partial charge on any atom is -0.494 e. The summed E-state index contributed by atoms with van der Waals surface area (Å²) >= 11 is 2.06. The number of thioether (sulfide) groups is 1. The second kappa shape index (κ2) is 8.06. The highest BCUT2D eigenvalue weighted by Gasteiger charge is 2.30. The number of nitrogens with two attached hydrogens (primary N) is 1. The van der Waals surface area contributed by atoms with Gasteiger partial charge in [0.05, 0.1) is 6.61 Å². The average molecular weight is 308 g/mol. The molecule has 21 heavy (non-hydrogen) atoms. The topological polar surface area (TPSA) is 38.5 Å². The van der Waals surface area contributed by atoms with Crippen LogP contribution in [0.5, 0.6) is 5.75 Å². The lowest BCUT2D eigenvalue weighted by atomic mass is 10.0. The van der Waals surface area contributed by atoms with Crippen molar-refractivity contribution in [1.29, 1.82) is 0 Å². The number of benzene rings is 1. The zero-order chi connectivity index (χ0) is 15.2. The van der Waals surface area contributed by atoms with Crippen molar-refractivity contribution >= 4 is 11.8 Å². The van der Waals surface area contributed by atoms with Gasteiger partial charge in [-0.1, -0.05) is 26.0 Å². The van der Waals surface area contributed by atoms with Crippen LogP contribution < -0.4 is 10.5 Å². The van der Waals surface area contributed by atoms with E-state index in [4.69, 9.17) is 10.5 Å². The van der Waals surface area contributed by atoms with Crippen LogP contribution in [-0.4, -0.2) is 41.6 Å². The van der Waals surface area contributed by atoms with Gasteiger partial charge in [-0.2, -0.15) is 11.8 Å². The maximum Gasteiger partial charge on any atom is 0.119 e. The van der Waals surface area contributed by atoms with E-state index in [-0.39, 0.29) is 0 Å². The fourth-order valence-corrected chi connectivity index (χ4v) is 3.99. The fourth-order valence-electron chi connectivity index (χ4n) is 2.87. The van der Waals surface area contributed by atoms with Gasteiger partial charge >= 0.3 is 0 Å². The number of hydrogen-bond donors (Lipinski definition) is 1. The largest absolute Gasteiger partial charge is 0.494 e. The van der Waals surface area contributed by atoms with E-state index in [2.05, 4.69) is 61.7 Å². The first-order valence-corrected chi connectivity index (χ1v) is 9.02. The lowest BCUT2D eigenvalue weighted by Gasteiger charge is -2.42. The molecule has 0 bridgehead atoms. The van der Waals surface area contributed by atoms with Crippen LogP contribution in [-0.2, 0) is 0 Å². The summed E-state index contributed by atoms with van der Waals surface area (Å²) in [5.74, 6) is 2.15. The zero-order valence-electron chi connectivity index (χ0n) is 13.4. The zero-order valence-corrected chi connectivity index (χ0v) is 14.2. The smallest absolute Gasteiger partial charge is 0.119 e. The third kappa shape index (κ3) is 4.15. The van der Waals surface area contributed by atoms with Crippen LogP contribution in [0.15, 0.2) is 24.3 Å². The molecule has 3 nitrogen and oxygen atoms in total.